The monoisotopic (exact) mass is 479 g/mol. The van der Waals surface area contributed by atoms with E-state index in [9.17, 15) is 26.3 Å². The Morgan fingerprint density at radius 2 is 1.38 bits per heavy atom. The van der Waals surface area contributed by atoms with Crippen LogP contribution in [0.1, 0.15) is 43.3 Å². The molecule has 2 aromatic carbocycles. The van der Waals surface area contributed by atoms with Gasteiger partial charge in [0.1, 0.15) is 0 Å². The molecule has 0 aliphatic heterocycles. The molecule has 0 saturated heterocycles. The molecule has 10 heteroatoms. The van der Waals surface area contributed by atoms with E-state index in [1.54, 1.807) is 7.05 Å². The Labute approximate surface area is 191 Å². The molecule has 0 unspecified atom stereocenters. The third-order valence-corrected chi connectivity index (χ3v) is 5.72. The van der Waals surface area contributed by atoms with Gasteiger partial charge in [0, 0.05) is 5.56 Å². The van der Waals surface area contributed by atoms with Crippen LogP contribution in [-0.2, 0) is 24.8 Å². The highest BCUT2D eigenvalue weighted by atomic mass is 19.4. The van der Waals surface area contributed by atoms with Crippen molar-refractivity contribution in [3.8, 4) is 11.3 Å². The average molecular weight is 479 g/mol. The van der Waals surface area contributed by atoms with Crippen molar-refractivity contribution < 1.29 is 30.9 Å². The standard InChI is InChI=1S/C24H21F6N4/c1-12-13-8-6-7-9-14(13)16(22(2,3)4)10-15(12)18-17-21(31-11-34(18)5)33-20(24(28,29)30)19(32-17)23(25,26)27/h6-11H,1-5H3/q+1. The first-order chi connectivity index (χ1) is 15.6. The lowest BCUT2D eigenvalue weighted by atomic mass is 9.80. The van der Waals surface area contributed by atoms with Crippen molar-refractivity contribution in [2.24, 2.45) is 7.05 Å². The summed E-state index contributed by atoms with van der Waals surface area (Å²) in [6.07, 6.45) is -9.47. The van der Waals surface area contributed by atoms with E-state index in [1.165, 1.54) is 10.9 Å². The van der Waals surface area contributed by atoms with Crippen molar-refractivity contribution in [1.29, 1.82) is 0 Å². The van der Waals surface area contributed by atoms with Crippen LogP contribution in [0.4, 0.5) is 26.3 Å². The highest BCUT2D eigenvalue weighted by Crippen LogP contribution is 2.41. The molecule has 0 aliphatic rings. The van der Waals surface area contributed by atoms with Crippen molar-refractivity contribution in [3.05, 3.63) is 59.2 Å². The minimum Gasteiger partial charge on any atom is -0.231 e. The molecule has 2 heterocycles. The first-order valence-electron chi connectivity index (χ1n) is 10.3. The molecule has 0 saturated carbocycles. The Kier molecular flexibility index (Phi) is 5.34. The largest absolute Gasteiger partial charge is 0.435 e. The van der Waals surface area contributed by atoms with Crippen LogP contribution < -0.4 is 4.57 Å². The molecular formula is C24H21F6N4+. The number of benzene rings is 2. The van der Waals surface area contributed by atoms with Crippen LogP contribution >= 0.6 is 0 Å². The van der Waals surface area contributed by atoms with Crippen molar-refractivity contribution >= 4 is 21.9 Å². The normalized spacial score (nSPS) is 13.1. The maximum atomic E-state index is 13.6. The molecule has 0 amide bonds. The molecule has 4 aromatic rings. The number of aromatic nitrogens is 4. The number of alkyl halides is 6. The number of halogens is 6. The predicted octanol–water partition coefficient (Wildman–Crippen LogP) is 6.31. The van der Waals surface area contributed by atoms with Gasteiger partial charge in [-0.15, -0.1) is 0 Å². The van der Waals surface area contributed by atoms with Gasteiger partial charge in [0.2, 0.25) is 0 Å². The molecule has 4 nitrogen and oxygen atoms in total. The van der Waals surface area contributed by atoms with Gasteiger partial charge in [0.05, 0.1) is 7.05 Å². The van der Waals surface area contributed by atoms with Crippen molar-refractivity contribution in [2.75, 3.05) is 0 Å². The molecule has 0 fully saturated rings. The van der Waals surface area contributed by atoms with Crippen LogP contribution in [0.5, 0.6) is 0 Å². The zero-order valence-corrected chi connectivity index (χ0v) is 19.0. The molecule has 34 heavy (non-hydrogen) atoms. The molecular weight excluding hydrogens is 458 g/mol. The maximum absolute atomic E-state index is 13.6. The maximum Gasteiger partial charge on any atom is 0.435 e. The lowest BCUT2D eigenvalue weighted by Gasteiger charge is -2.24. The Hall–Kier alpha value is -3.30. The quantitative estimate of drug-likeness (QED) is 0.237. The molecule has 0 aliphatic carbocycles. The summed E-state index contributed by atoms with van der Waals surface area (Å²) in [6, 6.07) is 9.49. The van der Waals surface area contributed by atoms with E-state index in [0.29, 0.717) is 5.56 Å². The van der Waals surface area contributed by atoms with Gasteiger partial charge >= 0.3 is 12.4 Å². The van der Waals surface area contributed by atoms with Gasteiger partial charge in [0.25, 0.3) is 12.0 Å². The topological polar surface area (TPSA) is 42.6 Å². The first-order valence-corrected chi connectivity index (χ1v) is 10.3. The van der Waals surface area contributed by atoms with Gasteiger partial charge in [0.15, 0.2) is 22.6 Å². The second-order valence-corrected chi connectivity index (χ2v) is 9.18. The smallest absolute Gasteiger partial charge is 0.231 e. The van der Waals surface area contributed by atoms with Crippen LogP contribution in [-0.4, -0.2) is 15.0 Å². The number of rotatable bonds is 1. The van der Waals surface area contributed by atoms with Gasteiger partial charge < -0.3 is 0 Å². The molecule has 0 bridgehead atoms. The summed E-state index contributed by atoms with van der Waals surface area (Å²) in [5.74, 6) is 0. The molecule has 0 atom stereocenters. The minimum atomic E-state index is -5.35. The van der Waals surface area contributed by atoms with E-state index < -0.39 is 29.4 Å². The Morgan fingerprint density at radius 1 is 0.824 bits per heavy atom. The second-order valence-electron chi connectivity index (χ2n) is 9.18. The highest BCUT2D eigenvalue weighted by Gasteiger charge is 2.47. The summed E-state index contributed by atoms with van der Waals surface area (Å²) < 4.78 is 82.5. The van der Waals surface area contributed by atoms with E-state index in [0.717, 1.165) is 21.9 Å². The lowest BCUT2D eigenvalue weighted by molar-refractivity contribution is -0.662. The third kappa shape index (κ3) is 3.95. The minimum absolute atomic E-state index is 0.200. The fraction of sp³-hybridized carbons (Fsp3) is 0.333. The molecule has 4 rings (SSSR count). The van der Waals surface area contributed by atoms with E-state index >= 15 is 0 Å². The summed E-state index contributed by atoms with van der Waals surface area (Å²) >= 11 is 0. The summed E-state index contributed by atoms with van der Waals surface area (Å²) in [7, 11) is 1.56. The lowest BCUT2D eigenvalue weighted by Crippen LogP contribution is -2.33. The predicted molar refractivity (Wildman–Crippen MR) is 115 cm³/mol. The molecule has 178 valence electrons. The van der Waals surface area contributed by atoms with Crippen molar-refractivity contribution in [3.63, 3.8) is 0 Å². The van der Waals surface area contributed by atoms with E-state index in [4.69, 9.17) is 0 Å². The van der Waals surface area contributed by atoms with E-state index in [-0.39, 0.29) is 16.6 Å². The van der Waals surface area contributed by atoms with E-state index in [1.807, 2.05) is 58.0 Å². The zero-order valence-electron chi connectivity index (χ0n) is 19.0. The SMILES string of the molecule is Cc1c(-c2c3nc(C(F)(F)F)c(C(F)(F)F)nc3nc[n+]2C)cc(C(C)(C)C)c2ccccc12. The number of aryl methyl sites for hydroxylation is 2. The molecule has 0 spiro atoms. The van der Waals surface area contributed by atoms with Gasteiger partial charge in [-0.2, -0.15) is 31.3 Å². The van der Waals surface area contributed by atoms with Crippen LogP contribution in [0.2, 0.25) is 0 Å². The first kappa shape index (κ1) is 23.8. The van der Waals surface area contributed by atoms with Crippen molar-refractivity contribution in [1.82, 2.24) is 15.0 Å². The van der Waals surface area contributed by atoms with E-state index in [2.05, 4.69) is 15.0 Å². The number of nitrogens with zero attached hydrogens (tertiary/aromatic N) is 4. The zero-order chi connectivity index (χ0) is 25.2. The fourth-order valence-electron chi connectivity index (χ4n) is 4.14. The van der Waals surface area contributed by atoms with Crippen LogP contribution in [0.25, 0.3) is 33.2 Å². The van der Waals surface area contributed by atoms with Gasteiger partial charge in [-0.3, -0.25) is 0 Å². The van der Waals surface area contributed by atoms with Gasteiger partial charge in [-0.05, 0) is 45.3 Å². The van der Waals surface area contributed by atoms with Crippen LogP contribution in [0, 0.1) is 6.92 Å². The van der Waals surface area contributed by atoms with Crippen LogP contribution in [0.3, 0.4) is 0 Å². The number of hydrogen-bond donors (Lipinski definition) is 0. The highest BCUT2D eigenvalue weighted by molar-refractivity contribution is 5.97. The summed E-state index contributed by atoms with van der Waals surface area (Å²) in [4.78, 5) is 10.6. The summed E-state index contributed by atoms with van der Waals surface area (Å²) in [6.45, 7) is 7.85. The average Bonchev–Trinajstić information content (AvgIpc) is 2.71. The van der Waals surface area contributed by atoms with Gasteiger partial charge in [-0.1, -0.05) is 45.0 Å². The summed E-state index contributed by atoms with van der Waals surface area (Å²) in [5.41, 5.74) is -2.96. The molecule has 0 N–H and O–H groups in total. The molecule has 0 radical (unpaired) electrons. The van der Waals surface area contributed by atoms with Crippen LogP contribution in [0.15, 0.2) is 36.7 Å². The summed E-state index contributed by atoms with van der Waals surface area (Å²) in [5, 5.41) is 1.87. The Balaban J connectivity index is 2.18. The van der Waals surface area contributed by atoms with Crippen molar-refractivity contribution in [2.45, 2.75) is 45.5 Å². The number of fused-ring (bicyclic) bond motifs is 2. The second kappa shape index (κ2) is 7.61. The Bertz CT molecular complexity index is 1430. The van der Waals surface area contributed by atoms with Gasteiger partial charge in [-0.25, -0.2) is 9.55 Å². The Morgan fingerprint density at radius 3 is 1.94 bits per heavy atom. The fourth-order valence-corrected chi connectivity index (χ4v) is 4.14. The molecule has 2 aromatic heterocycles. The number of hydrogen-bond acceptors (Lipinski definition) is 3. The third-order valence-electron chi connectivity index (χ3n) is 5.72.